The number of hydrogen-bond acceptors (Lipinski definition) is 2. The molecule has 2 aliphatic heterocycles. The molecule has 1 unspecified atom stereocenters. The standard InChI is InChI=1S/C15H22N2/c1-2-6-14-12-16-15(11-13(14)5-1)7-10-17-8-3-4-9-17/h1-2,5-6,15-16H,3-4,7-12H2. The molecule has 1 atom stereocenters. The molecule has 2 nitrogen and oxygen atoms in total. The predicted molar refractivity (Wildman–Crippen MR) is 71.1 cm³/mol. The van der Waals surface area contributed by atoms with Gasteiger partial charge in [0.1, 0.15) is 0 Å². The highest BCUT2D eigenvalue weighted by Crippen LogP contribution is 2.18. The van der Waals surface area contributed by atoms with Crippen molar-refractivity contribution in [2.75, 3.05) is 19.6 Å². The zero-order chi connectivity index (χ0) is 11.5. The molecule has 92 valence electrons. The molecule has 0 amide bonds. The van der Waals surface area contributed by atoms with Crippen molar-refractivity contribution in [1.82, 2.24) is 10.2 Å². The van der Waals surface area contributed by atoms with E-state index in [9.17, 15) is 0 Å². The van der Waals surface area contributed by atoms with Crippen LogP contribution in [0.3, 0.4) is 0 Å². The van der Waals surface area contributed by atoms with E-state index < -0.39 is 0 Å². The highest BCUT2D eigenvalue weighted by molar-refractivity contribution is 5.29. The van der Waals surface area contributed by atoms with E-state index >= 15 is 0 Å². The van der Waals surface area contributed by atoms with Crippen LogP contribution in [-0.4, -0.2) is 30.6 Å². The first-order valence-corrected chi connectivity index (χ1v) is 6.94. The first-order chi connectivity index (χ1) is 8.42. The van der Waals surface area contributed by atoms with Crippen molar-refractivity contribution < 1.29 is 0 Å². The van der Waals surface area contributed by atoms with Crippen LogP contribution in [0, 0.1) is 0 Å². The fourth-order valence-corrected chi connectivity index (χ4v) is 3.07. The molecule has 0 aliphatic carbocycles. The summed E-state index contributed by atoms with van der Waals surface area (Å²) in [7, 11) is 0. The van der Waals surface area contributed by atoms with Gasteiger partial charge < -0.3 is 10.2 Å². The molecule has 2 heterocycles. The minimum absolute atomic E-state index is 0.686. The third kappa shape index (κ3) is 2.70. The topological polar surface area (TPSA) is 15.3 Å². The van der Waals surface area contributed by atoms with Gasteiger partial charge in [-0.05, 0) is 56.4 Å². The fraction of sp³-hybridized carbons (Fsp3) is 0.600. The van der Waals surface area contributed by atoms with E-state index in [-0.39, 0.29) is 0 Å². The van der Waals surface area contributed by atoms with Crippen LogP contribution in [-0.2, 0) is 13.0 Å². The Hall–Kier alpha value is -0.860. The van der Waals surface area contributed by atoms with Gasteiger partial charge in [-0.15, -0.1) is 0 Å². The molecule has 1 aromatic rings. The van der Waals surface area contributed by atoms with E-state index in [0.29, 0.717) is 6.04 Å². The third-order valence-electron chi connectivity index (χ3n) is 4.16. The van der Waals surface area contributed by atoms with Crippen LogP contribution >= 0.6 is 0 Å². The predicted octanol–water partition coefficient (Wildman–Crippen LogP) is 2.19. The summed E-state index contributed by atoms with van der Waals surface area (Å²) in [4.78, 5) is 2.61. The molecule has 1 fully saturated rings. The van der Waals surface area contributed by atoms with Crippen LogP contribution < -0.4 is 5.32 Å². The van der Waals surface area contributed by atoms with E-state index in [1.54, 1.807) is 5.56 Å². The van der Waals surface area contributed by atoms with Gasteiger partial charge in [0.05, 0.1) is 0 Å². The molecule has 3 rings (SSSR count). The highest BCUT2D eigenvalue weighted by Gasteiger charge is 2.19. The van der Waals surface area contributed by atoms with Crippen molar-refractivity contribution in [2.45, 2.75) is 38.3 Å². The second-order valence-corrected chi connectivity index (χ2v) is 5.39. The van der Waals surface area contributed by atoms with Gasteiger partial charge >= 0.3 is 0 Å². The Morgan fingerprint density at radius 1 is 1.12 bits per heavy atom. The van der Waals surface area contributed by atoms with Gasteiger partial charge in [0, 0.05) is 12.6 Å². The average molecular weight is 230 g/mol. The summed E-state index contributed by atoms with van der Waals surface area (Å²) in [6.45, 7) is 4.98. The molecule has 0 bridgehead atoms. The lowest BCUT2D eigenvalue weighted by molar-refractivity contribution is 0.303. The van der Waals surface area contributed by atoms with Crippen molar-refractivity contribution in [3.8, 4) is 0 Å². The number of likely N-dealkylation sites (tertiary alicyclic amines) is 1. The Labute approximate surface area is 104 Å². The quantitative estimate of drug-likeness (QED) is 0.856. The Balaban J connectivity index is 1.53. The Kier molecular flexibility index (Phi) is 3.44. The third-order valence-corrected chi connectivity index (χ3v) is 4.16. The minimum Gasteiger partial charge on any atom is -0.310 e. The Bertz CT molecular complexity index is 369. The molecule has 0 aromatic heterocycles. The maximum atomic E-state index is 3.67. The average Bonchev–Trinajstić information content (AvgIpc) is 2.89. The number of fused-ring (bicyclic) bond motifs is 1. The van der Waals surface area contributed by atoms with Crippen molar-refractivity contribution in [3.05, 3.63) is 35.4 Å². The van der Waals surface area contributed by atoms with E-state index in [4.69, 9.17) is 0 Å². The van der Waals surface area contributed by atoms with Crippen LogP contribution in [0.1, 0.15) is 30.4 Å². The van der Waals surface area contributed by atoms with Crippen molar-refractivity contribution in [2.24, 2.45) is 0 Å². The monoisotopic (exact) mass is 230 g/mol. The van der Waals surface area contributed by atoms with Crippen LogP contribution in [0.25, 0.3) is 0 Å². The van der Waals surface area contributed by atoms with Crippen LogP contribution in [0.2, 0.25) is 0 Å². The Morgan fingerprint density at radius 2 is 1.88 bits per heavy atom. The maximum absolute atomic E-state index is 3.67. The van der Waals surface area contributed by atoms with Gasteiger partial charge in [-0.3, -0.25) is 0 Å². The van der Waals surface area contributed by atoms with Crippen molar-refractivity contribution in [3.63, 3.8) is 0 Å². The molecule has 17 heavy (non-hydrogen) atoms. The van der Waals surface area contributed by atoms with Gasteiger partial charge in [-0.2, -0.15) is 0 Å². The van der Waals surface area contributed by atoms with Crippen LogP contribution in [0.4, 0.5) is 0 Å². The first-order valence-electron chi connectivity index (χ1n) is 6.94. The van der Waals surface area contributed by atoms with Gasteiger partial charge in [-0.25, -0.2) is 0 Å². The van der Waals surface area contributed by atoms with Gasteiger partial charge in [-0.1, -0.05) is 24.3 Å². The van der Waals surface area contributed by atoms with Gasteiger partial charge in [0.2, 0.25) is 0 Å². The van der Waals surface area contributed by atoms with E-state index in [1.807, 2.05) is 0 Å². The molecule has 0 spiro atoms. The summed E-state index contributed by atoms with van der Waals surface area (Å²) in [5, 5.41) is 3.67. The summed E-state index contributed by atoms with van der Waals surface area (Å²) in [6.07, 6.45) is 5.32. The van der Waals surface area contributed by atoms with Gasteiger partial charge in [0.15, 0.2) is 0 Å². The summed E-state index contributed by atoms with van der Waals surface area (Å²) < 4.78 is 0. The fourth-order valence-electron chi connectivity index (χ4n) is 3.07. The lowest BCUT2D eigenvalue weighted by Crippen LogP contribution is -2.38. The molecule has 1 aromatic carbocycles. The van der Waals surface area contributed by atoms with Crippen LogP contribution in [0.15, 0.2) is 24.3 Å². The number of benzene rings is 1. The van der Waals surface area contributed by atoms with E-state index in [1.165, 1.54) is 50.9 Å². The largest absolute Gasteiger partial charge is 0.310 e. The molecule has 2 heteroatoms. The molecular weight excluding hydrogens is 208 g/mol. The van der Waals surface area contributed by atoms with Gasteiger partial charge in [0.25, 0.3) is 0 Å². The van der Waals surface area contributed by atoms with Crippen molar-refractivity contribution >= 4 is 0 Å². The van der Waals surface area contributed by atoms with E-state index in [0.717, 1.165) is 6.54 Å². The second-order valence-electron chi connectivity index (χ2n) is 5.39. The Morgan fingerprint density at radius 3 is 2.71 bits per heavy atom. The molecule has 0 saturated carbocycles. The number of nitrogens with zero attached hydrogens (tertiary/aromatic N) is 1. The SMILES string of the molecule is c1ccc2c(c1)CNC(CCN1CCCC1)C2. The molecule has 1 saturated heterocycles. The molecular formula is C15H22N2. The normalized spacial score (nSPS) is 24.8. The summed E-state index contributed by atoms with van der Waals surface area (Å²) in [5.74, 6) is 0. The number of hydrogen-bond donors (Lipinski definition) is 1. The zero-order valence-electron chi connectivity index (χ0n) is 10.5. The lowest BCUT2D eigenvalue weighted by Gasteiger charge is -2.27. The van der Waals surface area contributed by atoms with Crippen molar-refractivity contribution in [1.29, 1.82) is 0 Å². The minimum atomic E-state index is 0.686. The second kappa shape index (κ2) is 5.19. The zero-order valence-corrected chi connectivity index (χ0v) is 10.5. The summed E-state index contributed by atoms with van der Waals surface area (Å²) >= 11 is 0. The van der Waals surface area contributed by atoms with Crippen LogP contribution in [0.5, 0.6) is 0 Å². The maximum Gasteiger partial charge on any atom is 0.0210 e. The lowest BCUT2D eigenvalue weighted by atomic mass is 9.94. The molecule has 0 radical (unpaired) electrons. The first kappa shape index (κ1) is 11.2. The number of nitrogens with one attached hydrogen (secondary N) is 1. The molecule has 2 aliphatic rings. The highest BCUT2D eigenvalue weighted by atomic mass is 15.1. The molecule has 1 N–H and O–H groups in total. The smallest absolute Gasteiger partial charge is 0.0210 e. The summed E-state index contributed by atoms with van der Waals surface area (Å²) in [6, 6.07) is 9.54. The van der Waals surface area contributed by atoms with E-state index in [2.05, 4.69) is 34.5 Å². The summed E-state index contributed by atoms with van der Waals surface area (Å²) in [5.41, 5.74) is 3.04. The number of rotatable bonds is 3.